The second kappa shape index (κ2) is 2.72. The number of aliphatic carboxylic acids is 1. The number of rotatable bonds is 2. The largest absolute Gasteiger partial charge is 0.481 e. The monoisotopic (exact) mass is 138 g/mol. The van der Waals surface area contributed by atoms with Crippen LogP contribution in [0.25, 0.3) is 0 Å². The molecule has 0 aromatic carbocycles. The lowest BCUT2D eigenvalue weighted by molar-refractivity contribution is -0.146. The summed E-state index contributed by atoms with van der Waals surface area (Å²) in [6.45, 7) is 3.40. The van der Waals surface area contributed by atoms with Crippen LogP contribution in [-0.2, 0) is 4.79 Å². The van der Waals surface area contributed by atoms with Crippen molar-refractivity contribution in [1.29, 1.82) is 0 Å². The molecule has 0 aromatic rings. The van der Waals surface area contributed by atoms with Crippen LogP contribution in [0.2, 0.25) is 0 Å². The maximum atomic E-state index is 10.4. The third-order valence-electron chi connectivity index (χ3n) is 1.98. The highest BCUT2D eigenvalue weighted by atomic mass is 16.4. The molecule has 0 saturated heterocycles. The fourth-order valence-electron chi connectivity index (χ4n) is 1.18. The predicted molar refractivity (Wildman–Crippen MR) is 37.6 cm³/mol. The third kappa shape index (κ3) is 1.12. The third-order valence-corrected chi connectivity index (χ3v) is 1.98. The van der Waals surface area contributed by atoms with Crippen molar-refractivity contribution in [3.63, 3.8) is 0 Å². The molecule has 1 fully saturated rings. The van der Waals surface area contributed by atoms with Crippen LogP contribution in [0.1, 0.15) is 12.8 Å². The van der Waals surface area contributed by atoms with Gasteiger partial charge in [0.1, 0.15) is 0 Å². The van der Waals surface area contributed by atoms with Gasteiger partial charge in [0.15, 0.2) is 0 Å². The molecule has 1 N–H and O–H groups in total. The van der Waals surface area contributed by atoms with E-state index in [-0.39, 0.29) is 11.8 Å². The standard InChI is InChI=1S/C8H10O2/c1-2-3-6-4-5-7(6)8(9)10/h3,6-7H,1,4-5H2,(H,9,10)/t6-,7+/m1/s1. The quantitative estimate of drug-likeness (QED) is 0.586. The predicted octanol–water partition coefficient (Wildman–Crippen LogP) is 1.44. The van der Waals surface area contributed by atoms with Gasteiger partial charge in [0.05, 0.1) is 5.92 Å². The molecule has 2 atom stereocenters. The van der Waals surface area contributed by atoms with E-state index in [4.69, 9.17) is 5.11 Å². The van der Waals surface area contributed by atoms with Crippen molar-refractivity contribution in [3.8, 4) is 0 Å². The first-order chi connectivity index (χ1) is 4.75. The van der Waals surface area contributed by atoms with Crippen molar-refractivity contribution >= 4 is 5.97 Å². The average Bonchev–Trinajstić information content (AvgIpc) is 1.78. The highest BCUT2D eigenvalue weighted by Crippen LogP contribution is 2.34. The van der Waals surface area contributed by atoms with Crippen LogP contribution in [0.5, 0.6) is 0 Å². The fraction of sp³-hybridized carbons (Fsp3) is 0.500. The molecule has 0 spiro atoms. The molecular formula is C8H10O2. The molecule has 0 heterocycles. The molecular weight excluding hydrogens is 128 g/mol. The van der Waals surface area contributed by atoms with Crippen LogP contribution >= 0.6 is 0 Å². The SMILES string of the molecule is C=C=C[C@@H]1CC[C@@H]1C(=O)O. The molecule has 0 aromatic heterocycles. The lowest BCUT2D eigenvalue weighted by Gasteiger charge is -2.29. The van der Waals surface area contributed by atoms with Crippen LogP contribution in [0.3, 0.4) is 0 Å². The van der Waals surface area contributed by atoms with E-state index in [0.29, 0.717) is 0 Å². The highest BCUT2D eigenvalue weighted by molar-refractivity contribution is 5.71. The van der Waals surface area contributed by atoms with Crippen molar-refractivity contribution in [1.82, 2.24) is 0 Å². The first-order valence-corrected chi connectivity index (χ1v) is 3.34. The zero-order chi connectivity index (χ0) is 7.56. The van der Waals surface area contributed by atoms with Gasteiger partial charge in [-0.1, -0.05) is 6.58 Å². The number of hydrogen-bond acceptors (Lipinski definition) is 1. The lowest BCUT2D eigenvalue weighted by Crippen LogP contribution is -2.31. The number of carbonyl (C=O) groups is 1. The molecule has 0 unspecified atom stereocenters. The van der Waals surface area contributed by atoms with E-state index < -0.39 is 5.97 Å². The van der Waals surface area contributed by atoms with Crippen molar-refractivity contribution in [2.75, 3.05) is 0 Å². The highest BCUT2D eigenvalue weighted by Gasteiger charge is 2.34. The lowest BCUT2D eigenvalue weighted by atomic mass is 9.74. The molecule has 0 amide bonds. The number of hydrogen-bond donors (Lipinski definition) is 1. The van der Waals surface area contributed by atoms with E-state index in [2.05, 4.69) is 12.3 Å². The van der Waals surface area contributed by atoms with Gasteiger partial charge in [-0.25, -0.2) is 0 Å². The van der Waals surface area contributed by atoms with Gasteiger partial charge in [0, 0.05) is 0 Å². The Labute approximate surface area is 59.9 Å². The van der Waals surface area contributed by atoms with Gasteiger partial charge >= 0.3 is 5.97 Å². The Kier molecular flexibility index (Phi) is 1.93. The van der Waals surface area contributed by atoms with Gasteiger partial charge in [-0.2, -0.15) is 0 Å². The minimum absolute atomic E-state index is 0.172. The summed E-state index contributed by atoms with van der Waals surface area (Å²) in [6, 6.07) is 0. The Morgan fingerprint density at radius 1 is 1.70 bits per heavy atom. The van der Waals surface area contributed by atoms with Crippen molar-refractivity contribution in [2.24, 2.45) is 11.8 Å². The summed E-state index contributed by atoms with van der Waals surface area (Å²) in [5.41, 5.74) is 2.62. The van der Waals surface area contributed by atoms with Crippen LogP contribution < -0.4 is 0 Å². The van der Waals surface area contributed by atoms with Gasteiger partial charge < -0.3 is 5.11 Å². The minimum atomic E-state index is -0.692. The second-order valence-corrected chi connectivity index (χ2v) is 2.56. The Balaban J connectivity index is 2.51. The van der Waals surface area contributed by atoms with Gasteiger partial charge in [0.25, 0.3) is 0 Å². The number of allylic oxidation sites excluding steroid dienone is 1. The van der Waals surface area contributed by atoms with E-state index in [9.17, 15) is 4.79 Å². The van der Waals surface area contributed by atoms with Gasteiger partial charge in [-0.15, -0.1) is 5.73 Å². The molecule has 0 aliphatic heterocycles. The van der Waals surface area contributed by atoms with E-state index in [0.717, 1.165) is 12.8 Å². The molecule has 0 bridgehead atoms. The van der Waals surface area contributed by atoms with Gasteiger partial charge in [-0.05, 0) is 24.8 Å². The fourth-order valence-corrected chi connectivity index (χ4v) is 1.18. The summed E-state index contributed by atoms with van der Waals surface area (Å²) < 4.78 is 0. The summed E-state index contributed by atoms with van der Waals surface area (Å²) in [7, 11) is 0. The van der Waals surface area contributed by atoms with E-state index in [1.54, 1.807) is 6.08 Å². The van der Waals surface area contributed by atoms with Crippen molar-refractivity contribution < 1.29 is 9.90 Å². The van der Waals surface area contributed by atoms with Gasteiger partial charge in [0.2, 0.25) is 0 Å². The Hall–Kier alpha value is -1.01. The first kappa shape index (κ1) is 7.10. The summed E-state index contributed by atoms with van der Waals surface area (Å²) in [6.07, 6.45) is 3.53. The minimum Gasteiger partial charge on any atom is -0.481 e. The molecule has 10 heavy (non-hydrogen) atoms. The topological polar surface area (TPSA) is 37.3 Å². The zero-order valence-electron chi connectivity index (χ0n) is 5.71. The first-order valence-electron chi connectivity index (χ1n) is 3.34. The van der Waals surface area contributed by atoms with Gasteiger partial charge in [-0.3, -0.25) is 4.79 Å². The van der Waals surface area contributed by atoms with Crippen LogP contribution in [0.4, 0.5) is 0 Å². The van der Waals surface area contributed by atoms with E-state index >= 15 is 0 Å². The Morgan fingerprint density at radius 3 is 2.70 bits per heavy atom. The zero-order valence-corrected chi connectivity index (χ0v) is 5.71. The number of carboxylic acids is 1. The molecule has 0 radical (unpaired) electrons. The maximum absolute atomic E-state index is 10.4. The normalized spacial score (nSPS) is 30.0. The molecule has 2 heteroatoms. The van der Waals surface area contributed by atoms with Crippen molar-refractivity contribution in [2.45, 2.75) is 12.8 Å². The van der Waals surface area contributed by atoms with Crippen LogP contribution in [0.15, 0.2) is 18.4 Å². The summed E-state index contributed by atoms with van der Waals surface area (Å²) in [4.78, 5) is 10.4. The summed E-state index contributed by atoms with van der Waals surface area (Å²) >= 11 is 0. The Morgan fingerprint density at radius 2 is 2.40 bits per heavy atom. The average molecular weight is 138 g/mol. The molecule has 54 valence electrons. The summed E-state index contributed by atoms with van der Waals surface area (Å²) in [5, 5.41) is 8.56. The summed E-state index contributed by atoms with van der Waals surface area (Å²) in [5.74, 6) is -0.674. The molecule has 1 aliphatic carbocycles. The molecule has 1 aliphatic rings. The van der Waals surface area contributed by atoms with Crippen LogP contribution in [0, 0.1) is 11.8 Å². The van der Waals surface area contributed by atoms with E-state index in [1.807, 2.05) is 0 Å². The Bertz CT molecular complexity index is 181. The second-order valence-electron chi connectivity index (χ2n) is 2.56. The smallest absolute Gasteiger partial charge is 0.307 e. The van der Waals surface area contributed by atoms with E-state index in [1.165, 1.54) is 0 Å². The molecule has 2 nitrogen and oxygen atoms in total. The molecule has 1 saturated carbocycles. The number of carboxylic acid groups (broad SMARTS) is 1. The van der Waals surface area contributed by atoms with Crippen LogP contribution in [-0.4, -0.2) is 11.1 Å². The maximum Gasteiger partial charge on any atom is 0.307 e. The molecule has 1 rings (SSSR count). The van der Waals surface area contributed by atoms with Crippen molar-refractivity contribution in [3.05, 3.63) is 18.4 Å².